The zero-order valence-electron chi connectivity index (χ0n) is 19.8. The van der Waals surface area contributed by atoms with Crippen molar-refractivity contribution >= 4 is 45.6 Å². The molecule has 180 valence electrons. The third-order valence-electron chi connectivity index (χ3n) is 5.40. The zero-order chi connectivity index (χ0) is 24.5. The number of ether oxygens (including phenoxy) is 1. The van der Waals surface area contributed by atoms with E-state index in [0.29, 0.717) is 12.8 Å². The van der Waals surface area contributed by atoms with Crippen LogP contribution in [-0.4, -0.2) is 53.3 Å². The Hall–Kier alpha value is -2.81. The molecule has 33 heavy (non-hydrogen) atoms. The predicted octanol–water partition coefficient (Wildman–Crippen LogP) is 2.81. The van der Waals surface area contributed by atoms with Gasteiger partial charge in [-0.25, -0.2) is 0 Å². The molecule has 2 rings (SSSR count). The number of amides is 2. The standard InChI is InChI=1S/C24H33N3O5S/c1-14(2)10-18(21(33-15(3)28)12-22(29)32-5)23(30)27-20(24(31)25-4)11-16-13-26-19-9-7-6-8-17(16)19/h6-9,13-14,18,20-21,26H,10-12H2,1-5H3,(H,25,31)(H,27,30)/t18-,20+,21-/m1/s1. The van der Waals surface area contributed by atoms with E-state index in [1.165, 1.54) is 21.1 Å². The molecule has 0 unspecified atom stereocenters. The van der Waals surface area contributed by atoms with Crippen molar-refractivity contribution in [3.63, 3.8) is 0 Å². The summed E-state index contributed by atoms with van der Waals surface area (Å²) in [6.07, 6.45) is 2.52. The first-order valence-corrected chi connectivity index (χ1v) is 11.8. The minimum absolute atomic E-state index is 0.0708. The molecule has 1 aromatic carbocycles. The first-order valence-electron chi connectivity index (χ1n) is 11.0. The molecule has 2 amide bonds. The van der Waals surface area contributed by atoms with E-state index < -0.39 is 23.2 Å². The van der Waals surface area contributed by atoms with Crippen molar-refractivity contribution in [3.8, 4) is 0 Å². The van der Waals surface area contributed by atoms with E-state index in [9.17, 15) is 19.2 Å². The average molecular weight is 476 g/mol. The Balaban J connectivity index is 2.30. The fraction of sp³-hybridized carbons (Fsp3) is 0.500. The van der Waals surface area contributed by atoms with E-state index in [1.54, 1.807) is 0 Å². The molecule has 9 heteroatoms. The SMILES string of the molecule is CNC(=O)[C@H](Cc1c[nH]c2ccccc12)NC(=O)[C@H](CC(C)C)[C@@H](CC(=O)OC)SC(C)=O. The molecule has 0 radical (unpaired) electrons. The van der Waals surface area contributed by atoms with Crippen LogP contribution < -0.4 is 10.6 Å². The fourth-order valence-electron chi connectivity index (χ4n) is 3.85. The Morgan fingerprint density at radius 2 is 1.82 bits per heavy atom. The van der Waals surface area contributed by atoms with E-state index in [0.717, 1.165) is 28.2 Å². The monoisotopic (exact) mass is 475 g/mol. The van der Waals surface area contributed by atoms with E-state index >= 15 is 0 Å². The molecule has 1 aromatic heterocycles. The Morgan fingerprint density at radius 1 is 1.12 bits per heavy atom. The maximum absolute atomic E-state index is 13.4. The molecule has 1 heterocycles. The fourth-order valence-corrected chi connectivity index (χ4v) is 4.89. The molecule has 0 aliphatic rings. The second kappa shape index (κ2) is 12.4. The molecule has 2 aromatic rings. The largest absolute Gasteiger partial charge is 0.469 e. The van der Waals surface area contributed by atoms with Crippen molar-refractivity contribution in [2.75, 3.05) is 14.2 Å². The number of hydrogen-bond acceptors (Lipinski definition) is 6. The van der Waals surface area contributed by atoms with Crippen LogP contribution in [0.4, 0.5) is 0 Å². The highest BCUT2D eigenvalue weighted by Crippen LogP contribution is 2.30. The maximum Gasteiger partial charge on any atom is 0.306 e. The third kappa shape index (κ3) is 7.63. The third-order valence-corrected chi connectivity index (χ3v) is 6.53. The Labute approximate surface area is 198 Å². The number of esters is 1. The number of hydrogen-bond donors (Lipinski definition) is 3. The predicted molar refractivity (Wildman–Crippen MR) is 130 cm³/mol. The van der Waals surface area contributed by atoms with Gasteiger partial charge >= 0.3 is 5.97 Å². The van der Waals surface area contributed by atoms with Gasteiger partial charge in [0.1, 0.15) is 6.04 Å². The summed E-state index contributed by atoms with van der Waals surface area (Å²) in [6.45, 7) is 5.34. The van der Waals surface area contributed by atoms with Gasteiger partial charge in [0.25, 0.3) is 0 Å². The van der Waals surface area contributed by atoms with Crippen molar-refractivity contribution in [3.05, 3.63) is 36.0 Å². The summed E-state index contributed by atoms with van der Waals surface area (Å²) in [5, 5.41) is 5.70. The number of aromatic amines is 1. The molecular weight excluding hydrogens is 442 g/mol. The van der Waals surface area contributed by atoms with Crippen molar-refractivity contribution in [2.24, 2.45) is 11.8 Å². The number of H-pyrrole nitrogens is 1. The minimum atomic E-state index is -0.808. The number of fused-ring (bicyclic) bond motifs is 1. The second-order valence-corrected chi connectivity index (χ2v) is 9.82. The highest BCUT2D eigenvalue weighted by molar-refractivity contribution is 8.14. The highest BCUT2D eigenvalue weighted by Gasteiger charge is 2.34. The van der Waals surface area contributed by atoms with Gasteiger partial charge in [-0.3, -0.25) is 19.2 Å². The number of carbonyl (C=O) groups excluding carboxylic acids is 4. The summed E-state index contributed by atoms with van der Waals surface area (Å²) in [7, 11) is 2.80. The summed E-state index contributed by atoms with van der Waals surface area (Å²) < 4.78 is 4.78. The van der Waals surface area contributed by atoms with Crippen molar-refractivity contribution in [2.45, 2.75) is 51.3 Å². The summed E-state index contributed by atoms with van der Waals surface area (Å²) >= 11 is 0.964. The van der Waals surface area contributed by atoms with Crippen LogP contribution in [0.3, 0.4) is 0 Å². The van der Waals surface area contributed by atoms with Crippen LogP contribution in [0.15, 0.2) is 30.5 Å². The lowest BCUT2D eigenvalue weighted by atomic mass is 9.91. The van der Waals surface area contributed by atoms with Gasteiger partial charge in [-0.15, -0.1) is 0 Å². The second-order valence-electron chi connectivity index (χ2n) is 8.40. The Kier molecular flexibility index (Phi) is 9.96. The lowest BCUT2D eigenvalue weighted by Gasteiger charge is -2.28. The van der Waals surface area contributed by atoms with Crippen molar-refractivity contribution in [1.82, 2.24) is 15.6 Å². The quantitative estimate of drug-likeness (QED) is 0.430. The summed E-state index contributed by atoms with van der Waals surface area (Å²) in [5.41, 5.74) is 1.85. The molecule has 8 nitrogen and oxygen atoms in total. The van der Waals surface area contributed by atoms with Crippen LogP contribution in [0.5, 0.6) is 0 Å². The highest BCUT2D eigenvalue weighted by atomic mass is 32.2. The van der Waals surface area contributed by atoms with Crippen LogP contribution in [0.2, 0.25) is 0 Å². The molecular formula is C24H33N3O5S. The van der Waals surface area contributed by atoms with E-state index in [-0.39, 0.29) is 29.3 Å². The van der Waals surface area contributed by atoms with Gasteiger partial charge in [-0.05, 0) is 24.0 Å². The number of benzene rings is 1. The van der Waals surface area contributed by atoms with Crippen LogP contribution in [0, 0.1) is 11.8 Å². The van der Waals surface area contributed by atoms with Crippen LogP contribution in [0.1, 0.15) is 39.2 Å². The number of nitrogens with one attached hydrogen (secondary N) is 3. The van der Waals surface area contributed by atoms with E-state index in [4.69, 9.17) is 4.74 Å². The van der Waals surface area contributed by atoms with Crippen LogP contribution in [0.25, 0.3) is 10.9 Å². The number of rotatable bonds is 11. The topological polar surface area (TPSA) is 117 Å². The van der Waals surface area contributed by atoms with Gasteiger partial charge < -0.3 is 20.4 Å². The number of methoxy groups -OCH3 is 1. The van der Waals surface area contributed by atoms with Crippen LogP contribution in [-0.2, 0) is 30.3 Å². The van der Waals surface area contributed by atoms with Gasteiger partial charge in [-0.1, -0.05) is 43.8 Å². The number of para-hydroxylation sites is 1. The van der Waals surface area contributed by atoms with Crippen LogP contribution >= 0.6 is 11.8 Å². The first-order chi connectivity index (χ1) is 15.7. The number of likely N-dealkylation sites (N-methyl/N-ethyl adjacent to an activating group) is 1. The molecule has 0 bridgehead atoms. The maximum atomic E-state index is 13.4. The van der Waals surface area contributed by atoms with Gasteiger partial charge in [0.2, 0.25) is 11.8 Å². The number of aromatic nitrogens is 1. The Bertz CT molecular complexity index is 987. The van der Waals surface area contributed by atoms with E-state index in [1.807, 2.05) is 44.3 Å². The molecule has 3 N–H and O–H groups in total. The molecule has 0 aliphatic carbocycles. The molecule has 0 spiro atoms. The normalized spacial score (nSPS) is 13.9. The van der Waals surface area contributed by atoms with Gasteiger partial charge in [-0.2, -0.15) is 0 Å². The van der Waals surface area contributed by atoms with Gasteiger partial charge in [0.15, 0.2) is 5.12 Å². The smallest absolute Gasteiger partial charge is 0.306 e. The number of thioether (sulfide) groups is 1. The molecule has 0 fully saturated rings. The van der Waals surface area contributed by atoms with E-state index in [2.05, 4.69) is 15.6 Å². The zero-order valence-corrected chi connectivity index (χ0v) is 20.6. The molecule has 0 aliphatic heterocycles. The Morgan fingerprint density at radius 3 is 2.42 bits per heavy atom. The van der Waals surface area contributed by atoms with Crippen molar-refractivity contribution in [1.29, 1.82) is 0 Å². The van der Waals surface area contributed by atoms with Gasteiger partial charge in [0.05, 0.1) is 19.4 Å². The molecule has 0 saturated heterocycles. The lowest BCUT2D eigenvalue weighted by molar-refractivity contribution is -0.141. The lowest BCUT2D eigenvalue weighted by Crippen LogP contribution is -2.50. The average Bonchev–Trinajstić information content (AvgIpc) is 3.18. The summed E-state index contributed by atoms with van der Waals surface area (Å²) in [5.74, 6) is -1.67. The molecule has 3 atom stereocenters. The first kappa shape index (κ1) is 26.4. The minimum Gasteiger partial charge on any atom is -0.469 e. The summed E-state index contributed by atoms with van der Waals surface area (Å²) in [4.78, 5) is 53.1. The number of carbonyl (C=O) groups is 4. The van der Waals surface area contributed by atoms with Crippen molar-refractivity contribution < 1.29 is 23.9 Å². The summed E-state index contributed by atoms with van der Waals surface area (Å²) in [6, 6.07) is 6.94. The molecule has 0 saturated carbocycles. The van der Waals surface area contributed by atoms with Gasteiger partial charge in [0, 0.05) is 42.7 Å².